The standard InChI is InChI=1S/C13H16N2O4S/c1-18-12-6-10(7-14)2-3-13(12)20(16,17)15-8-11-4-5-19-9-11/h2-6,9,15H,7-8,14H2,1H3. The van der Waals surface area contributed by atoms with E-state index in [1.54, 1.807) is 18.2 Å². The highest BCUT2D eigenvalue weighted by molar-refractivity contribution is 7.89. The predicted octanol–water partition coefficient (Wildman–Crippen LogP) is 1.23. The van der Waals surface area contributed by atoms with Crippen LogP contribution in [0.25, 0.3) is 0 Å². The Kier molecular flexibility index (Phi) is 4.43. The van der Waals surface area contributed by atoms with Gasteiger partial charge in [0.05, 0.1) is 19.6 Å². The lowest BCUT2D eigenvalue weighted by Crippen LogP contribution is -2.23. The highest BCUT2D eigenvalue weighted by Crippen LogP contribution is 2.25. The van der Waals surface area contributed by atoms with Crippen molar-refractivity contribution in [3.63, 3.8) is 0 Å². The van der Waals surface area contributed by atoms with Crippen molar-refractivity contribution < 1.29 is 17.6 Å². The summed E-state index contributed by atoms with van der Waals surface area (Å²) in [4.78, 5) is 0.0840. The maximum atomic E-state index is 12.3. The van der Waals surface area contributed by atoms with Crippen LogP contribution in [0.4, 0.5) is 0 Å². The number of benzene rings is 1. The molecule has 0 saturated heterocycles. The van der Waals surface area contributed by atoms with Crippen LogP contribution in [0.5, 0.6) is 5.75 Å². The number of hydrogen-bond acceptors (Lipinski definition) is 5. The second-order valence-corrected chi connectivity index (χ2v) is 5.88. The Morgan fingerprint density at radius 2 is 2.10 bits per heavy atom. The summed E-state index contributed by atoms with van der Waals surface area (Å²) in [6.45, 7) is 0.472. The van der Waals surface area contributed by atoms with E-state index in [0.29, 0.717) is 6.54 Å². The van der Waals surface area contributed by atoms with Crippen LogP contribution >= 0.6 is 0 Å². The van der Waals surface area contributed by atoms with Crippen molar-refractivity contribution in [3.05, 3.63) is 47.9 Å². The monoisotopic (exact) mass is 296 g/mol. The van der Waals surface area contributed by atoms with Crippen LogP contribution in [-0.4, -0.2) is 15.5 Å². The summed E-state index contributed by atoms with van der Waals surface area (Å²) in [6.07, 6.45) is 2.97. The third kappa shape index (κ3) is 3.19. The summed E-state index contributed by atoms with van der Waals surface area (Å²) >= 11 is 0. The van der Waals surface area contributed by atoms with Gasteiger partial charge in [-0.3, -0.25) is 0 Å². The maximum Gasteiger partial charge on any atom is 0.244 e. The zero-order valence-electron chi connectivity index (χ0n) is 11.0. The Morgan fingerprint density at radius 1 is 1.30 bits per heavy atom. The smallest absolute Gasteiger partial charge is 0.244 e. The number of hydrogen-bond donors (Lipinski definition) is 2. The molecule has 0 saturated carbocycles. The highest BCUT2D eigenvalue weighted by atomic mass is 32.2. The van der Waals surface area contributed by atoms with Gasteiger partial charge < -0.3 is 14.9 Å². The minimum atomic E-state index is -3.66. The van der Waals surface area contributed by atoms with Crippen LogP contribution in [0.1, 0.15) is 11.1 Å². The first-order valence-electron chi connectivity index (χ1n) is 5.94. The molecule has 0 aliphatic rings. The van der Waals surface area contributed by atoms with Crippen molar-refractivity contribution in [1.29, 1.82) is 0 Å². The minimum Gasteiger partial charge on any atom is -0.495 e. The average Bonchev–Trinajstić information content (AvgIpc) is 2.97. The van der Waals surface area contributed by atoms with E-state index < -0.39 is 10.0 Å². The van der Waals surface area contributed by atoms with E-state index in [-0.39, 0.29) is 17.2 Å². The van der Waals surface area contributed by atoms with E-state index in [1.165, 1.54) is 25.7 Å². The van der Waals surface area contributed by atoms with Crippen molar-refractivity contribution >= 4 is 10.0 Å². The SMILES string of the molecule is COc1cc(CN)ccc1S(=O)(=O)NCc1ccoc1. The summed E-state index contributed by atoms with van der Waals surface area (Å²) in [6, 6.07) is 6.46. The molecular formula is C13H16N2O4S. The number of sulfonamides is 1. The van der Waals surface area contributed by atoms with Crippen LogP contribution in [0.15, 0.2) is 46.1 Å². The molecule has 0 radical (unpaired) electrons. The molecule has 1 aromatic carbocycles. The fourth-order valence-corrected chi connectivity index (χ4v) is 2.88. The van der Waals surface area contributed by atoms with Gasteiger partial charge in [-0.1, -0.05) is 6.07 Å². The third-order valence-electron chi connectivity index (χ3n) is 2.80. The number of methoxy groups -OCH3 is 1. The number of nitrogens with two attached hydrogens (primary N) is 1. The van der Waals surface area contributed by atoms with Gasteiger partial charge >= 0.3 is 0 Å². The van der Waals surface area contributed by atoms with Gasteiger partial charge in [0, 0.05) is 18.7 Å². The third-order valence-corrected chi connectivity index (χ3v) is 4.24. The van der Waals surface area contributed by atoms with Gasteiger partial charge in [-0.2, -0.15) is 0 Å². The molecule has 0 atom stereocenters. The van der Waals surface area contributed by atoms with Gasteiger partial charge in [-0.25, -0.2) is 13.1 Å². The lowest BCUT2D eigenvalue weighted by atomic mass is 10.2. The number of rotatable bonds is 6. The first kappa shape index (κ1) is 14.6. The molecule has 1 aromatic heterocycles. The first-order valence-corrected chi connectivity index (χ1v) is 7.43. The maximum absolute atomic E-state index is 12.3. The molecule has 6 nitrogen and oxygen atoms in total. The second kappa shape index (κ2) is 6.08. The summed E-state index contributed by atoms with van der Waals surface area (Å²) < 4.78 is 37.0. The predicted molar refractivity (Wildman–Crippen MR) is 73.6 cm³/mol. The van der Waals surface area contributed by atoms with E-state index in [0.717, 1.165) is 11.1 Å². The molecule has 0 fully saturated rings. The minimum absolute atomic E-state index is 0.0840. The highest BCUT2D eigenvalue weighted by Gasteiger charge is 2.19. The number of furan rings is 1. The van der Waals surface area contributed by atoms with Crippen LogP contribution in [0.3, 0.4) is 0 Å². The topological polar surface area (TPSA) is 94.6 Å². The Labute approximate surface area is 117 Å². The molecular weight excluding hydrogens is 280 g/mol. The number of ether oxygens (including phenoxy) is 1. The van der Waals surface area contributed by atoms with Crippen molar-refractivity contribution in [3.8, 4) is 5.75 Å². The second-order valence-electron chi connectivity index (χ2n) is 4.15. The fourth-order valence-electron chi connectivity index (χ4n) is 1.71. The van der Waals surface area contributed by atoms with E-state index >= 15 is 0 Å². The van der Waals surface area contributed by atoms with Gasteiger partial charge in [0.1, 0.15) is 10.6 Å². The molecule has 0 unspecified atom stereocenters. The van der Waals surface area contributed by atoms with Gasteiger partial charge in [0.2, 0.25) is 10.0 Å². The normalized spacial score (nSPS) is 11.5. The molecule has 0 aliphatic carbocycles. The summed E-state index contributed by atoms with van der Waals surface area (Å²) in [5, 5.41) is 0. The zero-order valence-corrected chi connectivity index (χ0v) is 11.8. The van der Waals surface area contributed by atoms with Crippen LogP contribution in [0.2, 0.25) is 0 Å². The lowest BCUT2D eigenvalue weighted by molar-refractivity contribution is 0.401. The Hall–Kier alpha value is -1.83. The fraction of sp³-hybridized carbons (Fsp3) is 0.231. The molecule has 3 N–H and O–H groups in total. The molecule has 0 bridgehead atoms. The Balaban J connectivity index is 2.24. The van der Waals surface area contributed by atoms with E-state index in [2.05, 4.69) is 4.72 Å². The molecule has 0 aliphatic heterocycles. The molecule has 7 heteroatoms. The molecule has 2 rings (SSSR count). The van der Waals surface area contributed by atoms with Gasteiger partial charge in [-0.15, -0.1) is 0 Å². The van der Waals surface area contributed by atoms with Crippen molar-refractivity contribution in [2.75, 3.05) is 7.11 Å². The van der Waals surface area contributed by atoms with Crippen molar-refractivity contribution in [2.45, 2.75) is 18.0 Å². The Morgan fingerprint density at radius 3 is 2.70 bits per heavy atom. The van der Waals surface area contributed by atoms with Crippen LogP contribution in [0, 0.1) is 0 Å². The van der Waals surface area contributed by atoms with Gasteiger partial charge in [0.15, 0.2) is 0 Å². The summed E-state index contributed by atoms with van der Waals surface area (Å²) in [5.74, 6) is 0.271. The molecule has 0 spiro atoms. The van der Waals surface area contributed by atoms with E-state index in [4.69, 9.17) is 14.9 Å². The van der Waals surface area contributed by atoms with Crippen molar-refractivity contribution in [1.82, 2.24) is 4.72 Å². The van der Waals surface area contributed by atoms with E-state index in [9.17, 15) is 8.42 Å². The van der Waals surface area contributed by atoms with Gasteiger partial charge in [-0.05, 0) is 23.8 Å². The largest absolute Gasteiger partial charge is 0.495 e. The quantitative estimate of drug-likeness (QED) is 0.836. The summed E-state index contributed by atoms with van der Waals surface area (Å²) in [5.41, 5.74) is 7.07. The average molecular weight is 296 g/mol. The van der Waals surface area contributed by atoms with Crippen LogP contribution in [-0.2, 0) is 23.1 Å². The number of nitrogens with one attached hydrogen (secondary N) is 1. The van der Waals surface area contributed by atoms with Crippen molar-refractivity contribution in [2.24, 2.45) is 5.73 Å². The zero-order chi connectivity index (χ0) is 14.6. The molecule has 108 valence electrons. The lowest BCUT2D eigenvalue weighted by Gasteiger charge is -2.11. The molecule has 20 heavy (non-hydrogen) atoms. The molecule has 1 heterocycles. The van der Waals surface area contributed by atoms with Crippen LogP contribution < -0.4 is 15.2 Å². The Bertz CT molecular complexity index is 666. The first-order chi connectivity index (χ1) is 9.56. The molecule has 2 aromatic rings. The van der Waals surface area contributed by atoms with E-state index in [1.807, 2.05) is 0 Å². The summed E-state index contributed by atoms with van der Waals surface area (Å²) in [7, 11) is -2.24. The van der Waals surface area contributed by atoms with Gasteiger partial charge in [0.25, 0.3) is 0 Å². The molecule has 0 amide bonds.